The molecule has 0 bridgehead atoms. The number of amides is 1. The van der Waals surface area contributed by atoms with Crippen LogP contribution in [0.25, 0.3) is 0 Å². The van der Waals surface area contributed by atoms with Crippen LogP contribution in [-0.2, 0) is 24.4 Å². The molecule has 0 saturated carbocycles. The molecule has 0 aliphatic carbocycles. The van der Waals surface area contributed by atoms with Gasteiger partial charge in [-0.25, -0.2) is 0 Å². The highest BCUT2D eigenvalue weighted by Gasteiger charge is 2.13. The van der Waals surface area contributed by atoms with Gasteiger partial charge in [-0.15, -0.1) is 0 Å². The zero-order chi connectivity index (χ0) is 20.5. The number of hydrogen-bond donors (Lipinski definition) is 3. The number of carbonyl (C=O) groups is 1. The summed E-state index contributed by atoms with van der Waals surface area (Å²) in [6, 6.07) is 15.7. The van der Waals surface area contributed by atoms with Gasteiger partial charge < -0.3 is 21.1 Å². The number of benzene rings is 2. The monoisotopic (exact) mass is 395 g/mol. The predicted molar refractivity (Wildman–Crippen MR) is 115 cm³/mol. The lowest BCUT2D eigenvalue weighted by Gasteiger charge is -2.27. The lowest BCUT2D eigenvalue weighted by molar-refractivity contribution is 0.0341. The van der Waals surface area contributed by atoms with Gasteiger partial charge in [-0.3, -0.25) is 14.7 Å². The van der Waals surface area contributed by atoms with Crippen LogP contribution < -0.4 is 16.4 Å². The number of rotatable bonds is 7. The number of guanidine groups is 1. The van der Waals surface area contributed by atoms with Gasteiger partial charge >= 0.3 is 0 Å². The Bertz CT molecular complexity index is 847. The molecule has 1 aliphatic rings. The summed E-state index contributed by atoms with van der Waals surface area (Å²) in [4.78, 5) is 18.1. The van der Waals surface area contributed by atoms with E-state index in [9.17, 15) is 4.79 Å². The topological polar surface area (TPSA) is 92.0 Å². The van der Waals surface area contributed by atoms with Crippen molar-refractivity contribution in [3.63, 3.8) is 0 Å². The molecule has 1 fully saturated rings. The zero-order valence-electron chi connectivity index (χ0n) is 16.9. The molecule has 3 rings (SSSR count). The number of nitrogens with two attached hydrogens (primary N) is 1. The van der Waals surface area contributed by atoms with Gasteiger partial charge in [0.1, 0.15) is 0 Å². The Morgan fingerprint density at radius 2 is 1.79 bits per heavy atom. The molecule has 29 heavy (non-hydrogen) atoms. The van der Waals surface area contributed by atoms with Crippen molar-refractivity contribution in [2.75, 3.05) is 33.4 Å². The summed E-state index contributed by atoms with van der Waals surface area (Å²) in [6.07, 6.45) is 0. The second kappa shape index (κ2) is 10.6. The summed E-state index contributed by atoms with van der Waals surface area (Å²) in [5.41, 5.74) is 9.39. The van der Waals surface area contributed by atoms with Gasteiger partial charge in [-0.1, -0.05) is 36.4 Å². The van der Waals surface area contributed by atoms with Crippen molar-refractivity contribution in [1.82, 2.24) is 15.5 Å². The number of nitrogens with zero attached hydrogens (tertiary/aromatic N) is 2. The number of ether oxygens (including phenoxy) is 1. The molecule has 0 radical (unpaired) electrons. The lowest BCUT2D eigenvalue weighted by Crippen LogP contribution is -2.37. The van der Waals surface area contributed by atoms with Crippen LogP contribution in [0.1, 0.15) is 27.0 Å². The van der Waals surface area contributed by atoms with E-state index in [4.69, 9.17) is 10.5 Å². The summed E-state index contributed by atoms with van der Waals surface area (Å²) < 4.78 is 5.44. The van der Waals surface area contributed by atoms with E-state index >= 15 is 0 Å². The molecular weight excluding hydrogens is 366 g/mol. The van der Waals surface area contributed by atoms with E-state index in [1.807, 2.05) is 12.1 Å². The quantitative estimate of drug-likeness (QED) is 0.488. The SMILES string of the molecule is CN=C(NCc1cccc(C(N)=O)c1)NCc1ccccc1CN1CCOCC1. The average Bonchev–Trinajstić information content (AvgIpc) is 2.76. The van der Waals surface area contributed by atoms with E-state index in [0.717, 1.165) is 38.4 Å². The maximum atomic E-state index is 11.3. The molecule has 154 valence electrons. The van der Waals surface area contributed by atoms with Crippen LogP contribution in [-0.4, -0.2) is 50.1 Å². The van der Waals surface area contributed by atoms with E-state index in [1.165, 1.54) is 11.1 Å². The highest BCUT2D eigenvalue weighted by atomic mass is 16.5. The Morgan fingerprint density at radius 1 is 1.07 bits per heavy atom. The highest BCUT2D eigenvalue weighted by molar-refractivity contribution is 5.92. The first-order valence-corrected chi connectivity index (χ1v) is 9.86. The van der Waals surface area contributed by atoms with Gasteiger partial charge in [0, 0.05) is 45.3 Å². The Morgan fingerprint density at radius 3 is 2.52 bits per heavy atom. The smallest absolute Gasteiger partial charge is 0.248 e. The third-order valence-electron chi connectivity index (χ3n) is 4.96. The van der Waals surface area contributed by atoms with Crippen molar-refractivity contribution in [1.29, 1.82) is 0 Å². The van der Waals surface area contributed by atoms with Gasteiger partial charge in [0.25, 0.3) is 0 Å². The first-order chi connectivity index (χ1) is 14.2. The summed E-state index contributed by atoms with van der Waals surface area (Å²) in [7, 11) is 1.74. The fraction of sp³-hybridized carbons (Fsp3) is 0.364. The molecule has 0 spiro atoms. The van der Waals surface area contributed by atoms with E-state index in [-0.39, 0.29) is 0 Å². The average molecular weight is 396 g/mol. The summed E-state index contributed by atoms with van der Waals surface area (Å²) in [5.74, 6) is 0.280. The second-order valence-corrected chi connectivity index (χ2v) is 7.00. The first kappa shape index (κ1) is 20.8. The van der Waals surface area contributed by atoms with Crippen molar-refractivity contribution < 1.29 is 9.53 Å². The Labute approximate surface area is 172 Å². The second-order valence-electron chi connectivity index (χ2n) is 7.00. The molecule has 1 saturated heterocycles. The third-order valence-corrected chi connectivity index (χ3v) is 4.96. The predicted octanol–water partition coefficient (Wildman–Crippen LogP) is 1.48. The standard InChI is InChI=1S/C22H29N5O2/c1-24-22(25-14-17-5-4-8-18(13-17)21(23)28)26-15-19-6-2-3-7-20(19)16-27-9-11-29-12-10-27/h2-8,13H,9-12,14-16H2,1H3,(H2,23,28)(H2,24,25,26). The summed E-state index contributed by atoms with van der Waals surface area (Å²) in [6.45, 7) is 5.69. The number of nitrogens with one attached hydrogen (secondary N) is 2. The number of morpholine rings is 1. The van der Waals surface area contributed by atoms with Crippen LogP contribution in [0, 0.1) is 0 Å². The van der Waals surface area contributed by atoms with Gasteiger partial charge in [0.15, 0.2) is 5.96 Å². The molecule has 1 heterocycles. The fourth-order valence-electron chi connectivity index (χ4n) is 3.30. The van der Waals surface area contributed by atoms with E-state index in [1.54, 1.807) is 19.2 Å². The van der Waals surface area contributed by atoms with Crippen molar-refractivity contribution in [2.45, 2.75) is 19.6 Å². The lowest BCUT2D eigenvalue weighted by atomic mass is 10.1. The minimum Gasteiger partial charge on any atom is -0.379 e. The van der Waals surface area contributed by atoms with E-state index < -0.39 is 5.91 Å². The molecule has 0 atom stereocenters. The maximum absolute atomic E-state index is 11.3. The molecular formula is C22H29N5O2. The van der Waals surface area contributed by atoms with Crippen LogP contribution in [0.3, 0.4) is 0 Å². The minimum atomic E-state index is -0.425. The van der Waals surface area contributed by atoms with Crippen LogP contribution in [0.2, 0.25) is 0 Å². The van der Waals surface area contributed by atoms with Crippen LogP contribution >= 0.6 is 0 Å². The van der Waals surface area contributed by atoms with Gasteiger partial charge in [-0.2, -0.15) is 0 Å². The van der Waals surface area contributed by atoms with Crippen LogP contribution in [0.5, 0.6) is 0 Å². The molecule has 4 N–H and O–H groups in total. The normalized spacial score (nSPS) is 15.1. The number of hydrogen-bond acceptors (Lipinski definition) is 4. The molecule has 7 heteroatoms. The van der Waals surface area contributed by atoms with Crippen molar-refractivity contribution in [2.24, 2.45) is 10.7 Å². The molecule has 7 nitrogen and oxygen atoms in total. The minimum absolute atomic E-state index is 0.425. The molecule has 2 aromatic rings. The van der Waals surface area contributed by atoms with Crippen molar-refractivity contribution in [3.05, 3.63) is 70.8 Å². The maximum Gasteiger partial charge on any atom is 0.248 e. The largest absolute Gasteiger partial charge is 0.379 e. The third kappa shape index (κ3) is 6.30. The fourth-order valence-corrected chi connectivity index (χ4v) is 3.30. The number of carbonyl (C=O) groups excluding carboxylic acids is 1. The van der Waals surface area contributed by atoms with E-state index in [0.29, 0.717) is 24.6 Å². The Balaban J connectivity index is 1.55. The number of primary amides is 1. The zero-order valence-corrected chi connectivity index (χ0v) is 16.9. The number of aliphatic imine (C=N–C) groups is 1. The van der Waals surface area contributed by atoms with Gasteiger partial charge in [0.2, 0.25) is 5.91 Å². The molecule has 2 aromatic carbocycles. The van der Waals surface area contributed by atoms with Crippen LogP contribution in [0.15, 0.2) is 53.5 Å². The Kier molecular flexibility index (Phi) is 7.61. The molecule has 1 amide bonds. The van der Waals surface area contributed by atoms with Crippen molar-refractivity contribution in [3.8, 4) is 0 Å². The van der Waals surface area contributed by atoms with Crippen molar-refractivity contribution >= 4 is 11.9 Å². The van der Waals surface area contributed by atoms with Gasteiger partial charge in [-0.05, 0) is 28.8 Å². The van der Waals surface area contributed by atoms with Gasteiger partial charge in [0.05, 0.1) is 13.2 Å². The summed E-state index contributed by atoms with van der Waals surface area (Å²) in [5, 5.41) is 6.66. The first-order valence-electron chi connectivity index (χ1n) is 9.86. The highest BCUT2D eigenvalue weighted by Crippen LogP contribution is 2.13. The Hall–Kier alpha value is -2.90. The molecule has 0 aromatic heterocycles. The van der Waals surface area contributed by atoms with E-state index in [2.05, 4.69) is 44.8 Å². The summed E-state index contributed by atoms with van der Waals surface area (Å²) >= 11 is 0. The molecule has 1 aliphatic heterocycles. The van der Waals surface area contributed by atoms with Crippen LogP contribution in [0.4, 0.5) is 0 Å². The molecule has 0 unspecified atom stereocenters.